The first-order valence-corrected chi connectivity index (χ1v) is 12.9. The number of carboxylic acids is 1. The largest absolute Gasteiger partial charge is 0.486 e. The summed E-state index contributed by atoms with van der Waals surface area (Å²) >= 11 is 0. The second kappa shape index (κ2) is 9.23. The highest BCUT2D eigenvalue weighted by molar-refractivity contribution is 7.92. The van der Waals surface area contributed by atoms with E-state index in [2.05, 4.69) is 4.74 Å². The highest BCUT2D eigenvalue weighted by Gasteiger charge is 2.52. The molecule has 12 heteroatoms. The molecule has 1 heterocycles. The molecule has 2 aromatic rings. The predicted octanol–water partition coefficient (Wildman–Crippen LogP) is 4.10. The molecule has 2 aromatic carbocycles. The number of esters is 1. The molecule has 1 aliphatic carbocycles. The SMILES string of the molecule is Cc1ccc(S(=O)(=O)N2C[C@H]([C@H]3C[C@H]3C(=O)O)Oc3ccc(CC(=O)OC(C)(C)C(F)(F)F)cc32)cc1. The summed E-state index contributed by atoms with van der Waals surface area (Å²) < 4.78 is 78.3. The Morgan fingerprint density at radius 2 is 1.78 bits per heavy atom. The van der Waals surface area contributed by atoms with Gasteiger partial charge in [0.05, 0.1) is 29.5 Å². The molecule has 0 aromatic heterocycles. The van der Waals surface area contributed by atoms with Gasteiger partial charge in [-0.05, 0) is 57.0 Å². The lowest BCUT2D eigenvalue weighted by molar-refractivity contribution is -0.257. The molecule has 200 valence electrons. The van der Waals surface area contributed by atoms with E-state index in [9.17, 15) is 36.3 Å². The summed E-state index contributed by atoms with van der Waals surface area (Å²) in [6, 6.07) is 10.4. The molecule has 2 aliphatic rings. The zero-order valence-electron chi connectivity index (χ0n) is 20.3. The van der Waals surface area contributed by atoms with Crippen LogP contribution in [-0.4, -0.2) is 49.9 Å². The fraction of sp³-hybridized carbons (Fsp3) is 0.440. The molecular weight excluding hydrogens is 515 g/mol. The number of alkyl halides is 3. The Labute approximate surface area is 212 Å². The number of anilines is 1. The van der Waals surface area contributed by atoms with Crippen LogP contribution in [0.1, 0.15) is 31.4 Å². The van der Waals surface area contributed by atoms with Crippen molar-refractivity contribution in [2.75, 3.05) is 10.8 Å². The maximum Gasteiger partial charge on any atom is 0.427 e. The van der Waals surface area contributed by atoms with Crippen molar-refractivity contribution in [3.05, 3.63) is 53.6 Å². The molecule has 1 fully saturated rings. The maximum absolute atomic E-state index is 13.6. The van der Waals surface area contributed by atoms with Crippen LogP contribution in [0.25, 0.3) is 0 Å². The molecule has 37 heavy (non-hydrogen) atoms. The minimum atomic E-state index is -4.77. The normalized spacial score (nSPS) is 21.6. The van der Waals surface area contributed by atoms with Crippen LogP contribution in [-0.2, 0) is 30.8 Å². The molecule has 3 atom stereocenters. The number of sulfonamides is 1. The Bertz CT molecular complexity index is 1320. The second-order valence-electron chi connectivity index (χ2n) is 9.81. The lowest BCUT2D eigenvalue weighted by Gasteiger charge is -2.36. The van der Waals surface area contributed by atoms with Gasteiger partial charge >= 0.3 is 18.1 Å². The maximum atomic E-state index is 13.6. The Balaban J connectivity index is 1.66. The fourth-order valence-electron chi connectivity index (χ4n) is 4.17. The standard InChI is InChI=1S/C25H26F3NO7S/c1-14-4-7-16(8-5-14)37(33,34)29-13-21(17-12-18(17)23(31)32)35-20-9-6-15(10-19(20)29)11-22(30)36-24(2,3)25(26,27)28/h4-10,17-18,21H,11-13H2,1-3H3,(H,31,32)/t17-,18+,21+/m0/s1. The number of carbonyl (C=O) groups is 2. The summed E-state index contributed by atoms with van der Waals surface area (Å²) in [6.07, 6.45) is -5.65. The van der Waals surface area contributed by atoms with Gasteiger partial charge in [-0.25, -0.2) is 8.42 Å². The molecule has 8 nitrogen and oxygen atoms in total. The van der Waals surface area contributed by atoms with Crippen molar-refractivity contribution in [1.29, 1.82) is 0 Å². The van der Waals surface area contributed by atoms with Crippen molar-refractivity contribution in [2.24, 2.45) is 11.8 Å². The lowest BCUT2D eigenvalue weighted by atomic mass is 10.1. The Hall–Kier alpha value is -3.28. The van der Waals surface area contributed by atoms with E-state index < -0.39 is 52.2 Å². The van der Waals surface area contributed by atoms with Crippen LogP contribution in [0.3, 0.4) is 0 Å². The smallest absolute Gasteiger partial charge is 0.427 e. The van der Waals surface area contributed by atoms with Crippen molar-refractivity contribution in [3.8, 4) is 5.75 Å². The number of hydrogen-bond donors (Lipinski definition) is 1. The summed E-state index contributed by atoms with van der Waals surface area (Å²) in [6.45, 7) is 3.13. The second-order valence-corrected chi connectivity index (χ2v) is 11.7. The minimum Gasteiger partial charge on any atom is -0.486 e. The summed E-state index contributed by atoms with van der Waals surface area (Å²) in [7, 11) is -4.12. The third-order valence-electron chi connectivity index (χ3n) is 6.56. The van der Waals surface area contributed by atoms with E-state index in [0.717, 1.165) is 23.7 Å². The van der Waals surface area contributed by atoms with E-state index in [1.165, 1.54) is 30.3 Å². The summed E-state index contributed by atoms with van der Waals surface area (Å²) in [5.74, 6) is -2.96. The number of carboxylic acid groups (broad SMARTS) is 1. The molecule has 4 rings (SSSR count). The van der Waals surface area contributed by atoms with Crippen LogP contribution in [0.15, 0.2) is 47.4 Å². The minimum absolute atomic E-state index is 0.00650. The van der Waals surface area contributed by atoms with Gasteiger partial charge in [-0.3, -0.25) is 13.9 Å². The molecule has 1 N–H and O–H groups in total. The molecule has 0 unspecified atom stereocenters. The average Bonchev–Trinajstić information content (AvgIpc) is 3.59. The third kappa shape index (κ3) is 5.39. The zero-order chi connectivity index (χ0) is 27.3. The Kier molecular flexibility index (Phi) is 6.68. The van der Waals surface area contributed by atoms with Gasteiger partial charge in [0.2, 0.25) is 5.60 Å². The van der Waals surface area contributed by atoms with Gasteiger partial charge in [-0.15, -0.1) is 0 Å². The number of halogens is 3. The van der Waals surface area contributed by atoms with Crippen molar-refractivity contribution in [1.82, 2.24) is 0 Å². The molecule has 0 spiro atoms. The molecular formula is C25H26F3NO7S. The lowest BCUT2D eigenvalue weighted by Crippen LogP contribution is -2.45. The van der Waals surface area contributed by atoms with E-state index in [-0.39, 0.29) is 34.4 Å². The van der Waals surface area contributed by atoms with Gasteiger partial charge in [0.15, 0.2) is 0 Å². The number of fused-ring (bicyclic) bond motifs is 1. The monoisotopic (exact) mass is 541 g/mol. The van der Waals surface area contributed by atoms with Crippen molar-refractivity contribution < 1.29 is 45.8 Å². The molecule has 1 aliphatic heterocycles. The summed E-state index contributed by atoms with van der Waals surface area (Å²) in [4.78, 5) is 23.7. The van der Waals surface area contributed by atoms with Gasteiger partial charge in [0.1, 0.15) is 11.9 Å². The van der Waals surface area contributed by atoms with Gasteiger partial charge in [0.25, 0.3) is 10.0 Å². The third-order valence-corrected chi connectivity index (χ3v) is 8.35. The zero-order valence-corrected chi connectivity index (χ0v) is 21.1. The fourth-order valence-corrected chi connectivity index (χ4v) is 5.65. The van der Waals surface area contributed by atoms with E-state index in [1.54, 1.807) is 19.1 Å². The number of nitrogens with zero attached hydrogens (tertiary/aromatic N) is 1. The Morgan fingerprint density at radius 3 is 2.35 bits per heavy atom. The number of rotatable bonds is 7. The van der Waals surface area contributed by atoms with E-state index in [4.69, 9.17) is 4.74 Å². The van der Waals surface area contributed by atoms with Crippen molar-refractivity contribution in [3.63, 3.8) is 0 Å². The molecule has 0 saturated heterocycles. The van der Waals surface area contributed by atoms with Crippen molar-refractivity contribution in [2.45, 2.75) is 56.4 Å². The molecule has 0 bridgehead atoms. The van der Waals surface area contributed by atoms with Gasteiger partial charge < -0.3 is 14.6 Å². The molecule has 0 amide bonds. The Morgan fingerprint density at radius 1 is 1.14 bits per heavy atom. The average molecular weight is 542 g/mol. The first-order valence-electron chi connectivity index (χ1n) is 11.5. The summed E-state index contributed by atoms with van der Waals surface area (Å²) in [5, 5.41) is 9.33. The van der Waals surface area contributed by atoms with E-state index in [0.29, 0.717) is 6.42 Å². The number of hydrogen-bond acceptors (Lipinski definition) is 6. The van der Waals surface area contributed by atoms with Crippen molar-refractivity contribution >= 4 is 27.6 Å². The van der Waals surface area contributed by atoms with Gasteiger partial charge in [-0.1, -0.05) is 23.8 Å². The molecule has 0 radical (unpaired) electrons. The summed E-state index contributed by atoms with van der Waals surface area (Å²) in [5.41, 5.74) is -1.52. The van der Waals surface area contributed by atoms with E-state index >= 15 is 0 Å². The van der Waals surface area contributed by atoms with Crippen LogP contribution < -0.4 is 9.04 Å². The van der Waals surface area contributed by atoms with Crippen LogP contribution in [0.4, 0.5) is 18.9 Å². The van der Waals surface area contributed by atoms with Gasteiger partial charge in [-0.2, -0.15) is 13.2 Å². The van der Waals surface area contributed by atoms with Crippen LogP contribution in [0.2, 0.25) is 0 Å². The predicted molar refractivity (Wildman–Crippen MR) is 126 cm³/mol. The molecule has 1 saturated carbocycles. The highest BCUT2D eigenvalue weighted by atomic mass is 32.2. The van der Waals surface area contributed by atoms with E-state index in [1.807, 2.05) is 0 Å². The topological polar surface area (TPSA) is 110 Å². The van der Waals surface area contributed by atoms with Crippen LogP contribution >= 0.6 is 0 Å². The quantitative estimate of drug-likeness (QED) is 0.526. The van der Waals surface area contributed by atoms with Gasteiger partial charge in [0, 0.05) is 5.92 Å². The first kappa shape index (κ1) is 26.8. The first-order chi connectivity index (χ1) is 17.1. The number of benzene rings is 2. The number of aryl methyl sites for hydroxylation is 1. The van der Waals surface area contributed by atoms with Crippen LogP contribution in [0.5, 0.6) is 5.75 Å². The number of carbonyl (C=O) groups excluding carboxylic acids is 1. The number of ether oxygens (including phenoxy) is 2. The van der Waals surface area contributed by atoms with Crippen LogP contribution in [0, 0.1) is 18.8 Å². The highest BCUT2D eigenvalue weighted by Crippen LogP contribution is 2.47. The number of aliphatic carboxylic acids is 1.